The molecular weight excluding hydrogens is 405 g/mol. The van der Waals surface area contributed by atoms with Crippen molar-refractivity contribution in [3.05, 3.63) is 59.9 Å². The molecule has 1 unspecified atom stereocenters. The van der Waals surface area contributed by atoms with Crippen LogP contribution in [0.4, 0.5) is 10.1 Å². The Kier molecular flexibility index (Phi) is 10.9. The third-order valence-electron chi connectivity index (χ3n) is 4.32. The number of anilines is 1. The molecule has 0 spiro atoms. The van der Waals surface area contributed by atoms with E-state index in [0.717, 1.165) is 27.6 Å². The predicted octanol–water partition coefficient (Wildman–Crippen LogP) is 2.61. The zero-order chi connectivity index (χ0) is 23.4. The van der Waals surface area contributed by atoms with E-state index in [0.29, 0.717) is 12.2 Å². The SMILES string of the molecule is CC.COc1ccc(CCN(N)C(CC(=O)O)C(=O)N(C=O)c2ccc(F)cc2)cc1. The number of amides is 2. The van der Waals surface area contributed by atoms with Crippen molar-refractivity contribution in [3.63, 3.8) is 0 Å². The number of carboxylic acids is 1. The van der Waals surface area contributed by atoms with Gasteiger partial charge >= 0.3 is 5.97 Å². The van der Waals surface area contributed by atoms with Gasteiger partial charge in [-0.3, -0.25) is 25.1 Å². The Labute approximate surface area is 181 Å². The number of hydrogen-bond donors (Lipinski definition) is 2. The van der Waals surface area contributed by atoms with Gasteiger partial charge in [0.2, 0.25) is 6.41 Å². The summed E-state index contributed by atoms with van der Waals surface area (Å²) < 4.78 is 18.2. The molecule has 0 bridgehead atoms. The zero-order valence-electron chi connectivity index (χ0n) is 17.8. The highest BCUT2D eigenvalue weighted by Gasteiger charge is 2.31. The number of methoxy groups -OCH3 is 1. The average Bonchev–Trinajstić information content (AvgIpc) is 2.79. The van der Waals surface area contributed by atoms with Crippen molar-refractivity contribution in [3.8, 4) is 5.75 Å². The average molecular weight is 433 g/mol. The molecule has 0 aliphatic rings. The van der Waals surface area contributed by atoms with Crippen molar-refractivity contribution in [2.75, 3.05) is 18.6 Å². The van der Waals surface area contributed by atoms with Gasteiger partial charge in [0.25, 0.3) is 5.91 Å². The molecule has 0 radical (unpaired) electrons. The summed E-state index contributed by atoms with van der Waals surface area (Å²) in [6, 6.07) is 10.6. The first kappa shape index (κ1) is 25.7. The number of hydrogen-bond acceptors (Lipinski definition) is 6. The van der Waals surface area contributed by atoms with Crippen LogP contribution in [-0.2, 0) is 20.8 Å². The van der Waals surface area contributed by atoms with Crippen LogP contribution in [0.2, 0.25) is 0 Å². The summed E-state index contributed by atoms with van der Waals surface area (Å²) in [7, 11) is 1.55. The maximum Gasteiger partial charge on any atom is 0.305 e. The summed E-state index contributed by atoms with van der Waals surface area (Å²) in [6.45, 7) is 4.17. The Morgan fingerprint density at radius 1 is 1.13 bits per heavy atom. The Bertz CT molecular complexity index is 843. The maximum absolute atomic E-state index is 13.1. The monoisotopic (exact) mass is 433 g/mol. The van der Waals surface area contributed by atoms with E-state index in [1.165, 1.54) is 12.1 Å². The fourth-order valence-corrected chi connectivity index (χ4v) is 2.72. The minimum atomic E-state index is -1.28. The number of rotatable bonds is 10. The van der Waals surface area contributed by atoms with Crippen LogP contribution in [0, 0.1) is 5.82 Å². The standard InChI is InChI=1S/C20H22FN3O5.C2H6/c1-29-17-8-2-14(3-9-17)10-11-24(22)18(12-19(26)27)20(28)23(13-25)16-6-4-15(21)5-7-16;1-2/h2-9,13,18H,10-12,22H2,1H3,(H,26,27);1-2H3. The second-order valence-corrected chi connectivity index (χ2v) is 6.24. The van der Waals surface area contributed by atoms with E-state index in [1.54, 1.807) is 19.2 Å². The molecule has 0 heterocycles. The molecule has 168 valence electrons. The third-order valence-corrected chi connectivity index (χ3v) is 4.32. The number of carbonyl (C=O) groups is 3. The Balaban J connectivity index is 0.00000233. The second kappa shape index (κ2) is 13.1. The number of nitrogens with two attached hydrogens (primary N) is 1. The Morgan fingerprint density at radius 2 is 1.71 bits per heavy atom. The van der Waals surface area contributed by atoms with Gasteiger partial charge in [0, 0.05) is 6.54 Å². The number of aliphatic carboxylic acids is 1. The number of benzene rings is 2. The van der Waals surface area contributed by atoms with Gasteiger partial charge in [-0.25, -0.2) is 9.40 Å². The van der Waals surface area contributed by atoms with Crippen LogP contribution in [0.5, 0.6) is 5.75 Å². The summed E-state index contributed by atoms with van der Waals surface area (Å²) in [4.78, 5) is 36.3. The molecule has 8 nitrogen and oxygen atoms in total. The summed E-state index contributed by atoms with van der Waals surface area (Å²) in [5.41, 5.74) is 1.03. The van der Waals surface area contributed by atoms with Crippen molar-refractivity contribution in [2.45, 2.75) is 32.7 Å². The van der Waals surface area contributed by atoms with Crippen LogP contribution in [0.25, 0.3) is 0 Å². The first-order valence-electron chi connectivity index (χ1n) is 9.75. The number of carbonyl (C=O) groups excluding carboxylic acids is 2. The molecule has 2 rings (SSSR count). The van der Waals surface area contributed by atoms with Gasteiger partial charge in [-0.05, 0) is 48.4 Å². The summed E-state index contributed by atoms with van der Waals surface area (Å²) in [5.74, 6) is 4.09. The van der Waals surface area contributed by atoms with Gasteiger partial charge in [-0.15, -0.1) is 0 Å². The van der Waals surface area contributed by atoms with Gasteiger partial charge in [-0.2, -0.15) is 0 Å². The molecule has 0 saturated carbocycles. The van der Waals surface area contributed by atoms with Gasteiger partial charge in [-0.1, -0.05) is 26.0 Å². The number of halogens is 1. The molecule has 3 N–H and O–H groups in total. The van der Waals surface area contributed by atoms with E-state index in [-0.39, 0.29) is 18.6 Å². The minimum absolute atomic E-state index is 0.116. The van der Waals surface area contributed by atoms with Gasteiger partial charge in [0.1, 0.15) is 17.6 Å². The smallest absolute Gasteiger partial charge is 0.305 e. The molecular formula is C22H28FN3O5. The fraction of sp³-hybridized carbons (Fsp3) is 0.318. The van der Waals surface area contributed by atoms with Crippen molar-refractivity contribution in [1.29, 1.82) is 0 Å². The van der Waals surface area contributed by atoms with E-state index in [4.69, 9.17) is 10.6 Å². The number of carboxylic acid groups (broad SMARTS) is 1. The van der Waals surface area contributed by atoms with Crippen LogP contribution in [-0.4, -0.2) is 48.1 Å². The normalized spacial score (nSPS) is 11.2. The molecule has 2 aromatic carbocycles. The van der Waals surface area contributed by atoms with Crippen molar-refractivity contribution < 1.29 is 28.6 Å². The lowest BCUT2D eigenvalue weighted by atomic mass is 10.1. The Hall–Kier alpha value is -3.30. The lowest BCUT2D eigenvalue weighted by Gasteiger charge is -2.28. The lowest BCUT2D eigenvalue weighted by molar-refractivity contribution is -0.141. The van der Waals surface area contributed by atoms with E-state index in [1.807, 2.05) is 26.0 Å². The fourth-order valence-electron chi connectivity index (χ4n) is 2.72. The van der Waals surface area contributed by atoms with Crippen molar-refractivity contribution in [1.82, 2.24) is 5.01 Å². The van der Waals surface area contributed by atoms with Crippen LogP contribution in [0.1, 0.15) is 25.8 Å². The van der Waals surface area contributed by atoms with E-state index < -0.39 is 30.2 Å². The third kappa shape index (κ3) is 7.80. The molecule has 9 heteroatoms. The van der Waals surface area contributed by atoms with E-state index >= 15 is 0 Å². The first-order valence-corrected chi connectivity index (χ1v) is 9.75. The van der Waals surface area contributed by atoms with Crippen LogP contribution in [0.15, 0.2) is 48.5 Å². The highest BCUT2D eigenvalue weighted by molar-refractivity contribution is 6.10. The summed E-state index contributed by atoms with van der Waals surface area (Å²) in [5, 5.41) is 10.3. The van der Waals surface area contributed by atoms with E-state index in [9.17, 15) is 23.9 Å². The van der Waals surface area contributed by atoms with Crippen LogP contribution < -0.4 is 15.5 Å². The summed E-state index contributed by atoms with van der Waals surface area (Å²) >= 11 is 0. The highest BCUT2D eigenvalue weighted by atomic mass is 19.1. The minimum Gasteiger partial charge on any atom is -0.497 e. The summed E-state index contributed by atoms with van der Waals surface area (Å²) in [6.07, 6.45) is 0.104. The number of nitrogens with zero attached hydrogens (tertiary/aromatic N) is 2. The quantitative estimate of drug-likeness (QED) is 0.336. The first-order chi connectivity index (χ1) is 14.8. The molecule has 31 heavy (non-hydrogen) atoms. The topological polar surface area (TPSA) is 113 Å². The van der Waals surface area contributed by atoms with Crippen molar-refractivity contribution in [2.24, 2.45) is 5.84 Å². The number of ether oxygens (including phenoxy) is 1. The van der Waals surface area contributed by atoms with Crippen molar-refractivity contribution >= 4 is 24.0 Å². The van der Waals surface area contributed by atoms with Crippen LogP contribution in [0.3, 0.4) is 0 Å². The van der Waals surface area contributed by atoms with Gasteiger partial charge < -0.3 is 9.84 Å². The highest BCUT2D eigenvalue weighted by Crippen LogP contribution is 2.17. The Morgan fingerprint density at radius 3 is 2.19 bits per heavy atom. The largest absolute Gasteiger partial charge is 0.497 e. The van der Waals surface area contributed by atoms with Gasteiger partial charge in [0.15, 0.2) is 0 Å². The molecule has 2 aromatic rings. The molecule has 0 aliphatic heterocycles. The molecule has 1 atom stereocenters. The zero-order valence-corrected chi connectivity index (χ0v) is 17.8. The maximum atomic E-state index is 13.1. The van der Waals surface area contributed by atoms with Gasteiger partial charge in [0.05, 0.1) is 19.2 Å². The number of hydrazine groups is 1. The lowest BCUT2D eigenvalue weighted by Crippen LogP contribution is -2.53. The second-order valence-electron chi connectivity index (χ2n) is 6.24. The predicted molar refractivity (Wildman–Crippen MR) is 115 cm³/mol. The molecule has 0 saturated heterocycles. The van der Waals surface area contributed by atoms with E-state index in [2.05, 4.69) is 0 Å². The van der Waals surface area contributed by atoms with Crippen LogP contribution >= 0.6 is 0 Å². The molecule has 2 amide bonds. The number of imide groups is 1. The molecule has 0 aliphatic carbocycles. The molecule has 0 aromatic heterocycles. The molecule has 0 fully saturated rings.